The molecule has 0 aromatic rings. The van der Waals surface area contributed by atoms with E-state index in [0.29, 0.717) is 5.41 Å². The Kier molecular flexibility index (Phi) is 8.96. The molecule has 1 unspecified atom stereocenters. The van der Waals surface area contributed by atoms with Gasteiger partial charge in [0.1, 0.15) is 0 Å². The molecule has 0 saturated carbocycles. The van der Waals surface area contributed by atoms with E-state index in [4.69, 9.17) is 0 Å². The minimum Gasteiger partial charge on any atom is -0.317 e. The molecule has 0 bridgehead atoms. The second kappa shape index (κ2) is 9.00. The summed E-state index contributed by atoms with van der Waals surface area (Å²) in [5.74, 6) is 0. The molecule has 0 amide bonds. The van der Waals surface area contributed by atoms with E-state index in [0.717, 1.165) is 13.1 Å². The summed E-state index contributed by atoms with van der Waals surface area (Å²) in [5.41, 5.74) is 0.528. The van der Waals surface area contributed by atoms with Crippen molar-refractivity contribution < 1.29 is 0 Å². The van der Waals surface area contributed by atoms with Crippen molar-refractivity contribution in [2.45, 2.75) is 53.4 Å². The quantitative estimate of drug-likeness (QED) is 0.578. The molecule has 0 fully saturated rings. The lowest BCUT2D eigenvalue weighted by molar-refractivity contribution is 0.204. The van der Waals surface area contributed by atoms with Crippen LogP contribution in [0.4, 0.5) is 0 Å². The van der Waals surface area contributed by atoms with E-state index in [9.17, 15) is 0 Å². The minimum absolute atomic E-state index is 0.528. The van der Waals surface area contributed by atoms with Crippen LogP contribution in [0.1, 0.15) is 53.4 Å². The Bertz CT molecular complexity index is 159. The van der Waals surface area contributed by atoms with E-state index >= 15 is 0 Å². The molecule has 0 aromatic carbocycles. The fraction of sp³-hybridized carbons (Fsp3) is 1.00. The smallest absolute Gasteiger partial charge is 0.00167 e. The highest BCUT2D eigenvalue weighted by atomic mass is 15.1. The zero-order chi connectivity index (χ0) is 12.4. The van der Waals surface area contributed by atoms with Gasteiger partial charge in [-0.3, -0.25) is 0 Å². The summed E-state index contributed by atoms with van der Waals surface area (Å²) in [6, 6.07) is 0. The zero-order valence-corrected chi connectivity index (χ0v) is 12.1. The highest BCUT2D eigenvalue weighted by Crippen LogP contribution is 2.31. The zero-order valence-electron chi connectivity index (χ0n) is 12.1. The van der Waals surface area contributed by atoms with Gasteiger partial charge in [-0.1, -0.05) is 34.1 Å². The van der Waals surface area contributed by atoms with Crippen LogP contribution < -0.4 is 5.32 Å². The number of rotatable bonds is 10. The predicted molar refractivity (Wildman–Crippen MR) is 74.0 cm³/mol. The highest BCUT2D eigenvalue weighted by Gasteiger charge is 2.22. The van der Waals surface area contributed by atoms with Crippen molar-refractivity contribution in [3.05, 3.63) is 0 Å². The monoisotopic (exact) mass is 228 g/mol. The summed E-state index contributed by atoms with van der Waals surface area (Å²) < 4.78 is 0. The van der Waals surface area contributed by atoms with Gasteiger partial charge in [0.05, 0.1) is 0 Å². The fourth-order valence-electron chi connectivity index (χ4n) is 2.16. The Morgan fingerprint density at radius 2 is 1.75 bits per heavy atom. The third-order valence-corrected chi connectivity index (χ3v) is 3.65. The second-order valence-corrected chi connectivity index (χ2v) is 5.31. The van der Waals surface area contributed by atoms with E-state index in [2.05, 4.69) is 45.0 Å². The van der Waals surface area contributed by atoms with Crippen LogP contribution in [0.5, 0.6) is 0 Å². The van der Waals surface area contributed by atoms with Crippen molar-refractivity contribution in [2.24, 2.45) is 5.41 Å². The molecule has 0 heterocycles. The molecule has 0 aliphatic rings. The molecule has 0 spiro atoms. The first kappa shape index (κ1) is 15.9. The molecule has 1 atom stereocenters. The topological polar surface area (TPSA) is 15.3 Å². The van der Waals surface area contributed by atoms with Gasteiger partial charge in [-0.2, -0.15) is 0 Å². The minimum atomic E-state index is 0.528. The molecule has 0 saturated heterocycles. The number of hydrogen-bond donors (Lipinski definition) is 1. The lowest BCUT2D eigenvalue weighted by Gasteiger charge is -2.31. The maximum Gasteiger partial charge on any atom is -0.00167 e. The van der Waals surface area contributed by atoms with Gasteiger partial charge in [-0.25, -0.2) is 0 Å². The van der Waals surface area contributed by atoms with E-state index < -0.39 is 0 Å². The van der Waals surface area contributed by atoms with Crippen LogP contribution in [0.2, 0.25) is 0 Å². The largest absolute Gasteiger partial charge is 0.317 e. The van der Waals surface area contributed by atoms with Crippen LogP contribution in [0.25, 0.3) is 0 Å². The van der Waals surface area contributed by atoms with E-state index in [1.807, 2.05) is 0 Å². The summed E-state index contributed by atoms with van der Waals surface area (Å²) in [4.78, 5) is 2.42. The Hall–Kier alpha value is -0.0800. The van der Waals surface area contributed by atoms with Crippen LogP contribution in [-0.4, -0.2) is 38.1 Å². The molecule has 2 nitrogen and oxygen atoms in total. The van der Waals surface area contributed by atoms with Crippen molar-refractivity contribution in [2.75, 3.05) is 33.2 Å². The fourth-order valence-corrected chi connectivity index (χ4v) is 2.16. The number of hydrogen-bond acceptors (Lipinski definition) is 2. The van der Waals surface area contributed by atoms with Crippen LogP contribution in [-0.2, 0) is 0 Å². The Balaban J connectivity index is 3.99. The van der Waals surface area contributed by atoms with E-state index in [1.54, 1.807) is 0 Å². The summed E-state index contributed by atoms with van der Waals surface area (Å²) in [5, 5.41) is 3.45. The predicted octanol–water partition coefficient (Wildman–Crippen LogP) is 3.13. The molecule has 2 heteroatoms. The second-order valence-electron chi connectivity index (χ2n) is 5.31. The van der Waals surface area contributed by atoms with Gasteiger partial charge >= 0.3 is 0 Å². The summed E-state index contributed by atoms with van der Waals surface area (Å²) in [6.07, 6.45) is 5.30. The van der Waals surface area contributed by atoms with Crippen LogP contribution in [0.15, 0.2) is 0 Å². The van der Waals surface area contributed by atoms with Gasteiger partial charge in [0.25, 0.3) is 0 Å². The number of nitrogens with one attached hydrogen (secondary N) is 1. The summed E-state index contributed by atoms with van der Waals surface area (Å²) >= 11 is 0. The first-order valence-corrected chi connectivity index (χ1v) is 6.97. The average molecular weight is 228 g/mol. The van der Waals surface area contributed by atoms with E-state index in [-0.39, 0.29) is 0 Å². The van der Waals surface area contributed by atoms with Crippen molar-refractivity contribution in [1.29, 1.82) is 0 Å². The highest BCUT2D eigenvalue weighted by molar-refractivity contribution is 4.76. The van der Waals surface area contributed by atoms with Gasteiger partial charge in [-0.15, -0.1) is 0 Å². The van der Waals surface area contributed by atoms with Crippen LogP contribution >= 0.6 is 0 Å². The third kappa shape index (κ3) is 7.24. The van der Waals surface area contributed by atoms with Gasteiger partial charge in [0.15, 0.2) is 0 Å². The van der Waals surface area contributed by atoms with Crippen LogP contribution in [0.3, 0.4) is 0 Å². The van der Waals surface area contributed by atoms with Gasteiger partial charge in [-0.05, 0) is 57.9 Å². The maximum atomic E-state index is 3.45. The lowest BCUT2D eigenvalue weighted by atomic mass is 9.79. The molecule has 1 N–H and O–H groups in total. The molecule has 0 radical (unpaired) electrons. The summed E-state index contributed by atoms with van der Waals surface area (Å²) in [7, 11) is 2.22. The van der Waals surface area contributed by atoms with Gasteiger partial charge in [0.2, 0.25) is 0 Å². The molecule has 0 rings (SSSR count). The van der Waals surface area contributed by atoms with Gasteiger partial charge < -0.3 is 10.2 Å². The molecular formula is C14H32N2. The van der Waals surface area contributed by atoms with Gasteiger partial charge in [0, 0.05) is 0 Å². The number of nitrogens with zero attached hydrogens (tertiary/aromatic N) is 1. The molecular weight excluding hydrogens is 196 g/mol. The SMILES string of the molecule is CCCC(C)(CCNCC)CCN(C)CC. The van der Waals surface area contributed by atoms with Crippen molar-refractivity contribution in [3.63, 3.8) is 0 Å². The molecule has 0 aliphatic heterocycles. The Morgan fingerprint density at radius 1 is 1.06 bits per heavy atom. The maximum absolute atomic E-state index is 3.45. The van der Waals surface area contributed by atoms with Crippen molar-refractivity contribution in [3.8, 4) is 0 Å². The third-order valence-electron chi connectivity index (χ3n) is 3.65. The molecule has 0 aliphatic carbocycles. The summed E-state index contributed by atoms with van der Waals surface area (Å²) in [6.45, 7) is 13.8. The molecule has 0 aromatic heterocycles. The lowest BCUT2D eigenvalue weighted by Crippen LogP contribution is -2.29. The van der Waals surface area contributed by atoms with Crippen molar-refractivity contribution in [1.82, 2.24) is 10.2 Å². The Labute approximate surface area is 103 Å². The molecule has 16 heavy (non-hydrogen) atoms. The average Bonchev–Trinajstić information content (AvgIpc) is 2.27. The normalized spacial score (nSPS) is 15.4. The first-order chi connectivity index (χ1) is 7.58. The van der Waals surface area contributed by atoms with Crippen LogP contribution in [0, 0.1) is 5.41 Å². The standard InChI is InChI=1S/C14H32N2/c1-6-9-14(4,10-12-15-7-2)11-13-16(5)8-3/h15H,6-13H2,1-5H3. The molecule has 98 valence electrons. The first-order valence-electron chi connectivity index (χ1n) is 6.97. The Morgan fingerprint density at radius 3 is 2.25 bits per heavy atom. The van der Waals surface area contributed by atoms with E-state index in [1.165, 1.54) is 38.8 Å². The van der Waals surface area contributed by atoms with Crippen molar-refractivity contribution >= 4 is 0 Å².